The summed E-state index contributed by atoms with van der Waals surface area (Å²) in [4.78, 5) is 10.6. The quantitative estimate of drug-likeness (QED) is 0.337. The predicted molar refractivity (Wildman–Crippen MR) is 60.1 cm³/mol. The third-order valence-corrected chi connectivity index (χ3v) is 2.19. The Morgan fingerprint density at radius 1 is 1.21 bits per heavy atom. The van der Waals surface area contributed by atoms with E-state index in [4.69, 9.17) is 9.78 Å². The standard InChI is InChI=1S/C12H26O2/c1-6-7-10-13-14-12(4,5)9-8-11(2)3/h11H,6-10H2,1-5H3. The van der Waals surface area contributed by atoms with Crippen LogP contribution in [0.25, 0.3) is 0 Å². The van der Waals surface area contributed by atoms with E-state index in [-0.39, 0.29) is 5.60 Å². The van der Waals surface area contributed by atoms with Crippen molar-refractivity contribution in [3.63, 3.8) is 0 Å². The first-order valence-corrected chi connectivity index (χ1v) is 5.78. The van der Waals surface area contributed by atoms with Crippen LogP contribution in [0.4, 0.5) is 0 Å². The Labute approximate surface area is 88.9 Å². The predicted octanol–water partition coefficient (Wildman–Crippen LogP) is 3.95. The van der Waals surface area contributed by atoms with Gasteiger partial charge in [0.2, 0.25) is 0 Å². The normalized spacial score (nSPS) is 12.4. The Morgan fingerprint density at radius 2 is 1.86 bits per heavy atom. The van der Waals surface area contributed by atoms with Crippen LogP contribution in [0, 0.1) is 5.92 Å². The molecule has 0 aromatic carbocycles. The molecule has 0 rings (SSSR count). The van der Waals surface area contributed by atoms with Gasteiger partial charge in [-0.15, -0.1) is 0 Å². The third kappa shape index (κ3) is 8.52. The molecule has 0 bridgehead atoms. The molecule has 0 saturated heterocycles. The van der Waals surface area contributed by atoms with Crippen molar-refractivity contribution in [3.05, 3.63) is 0 Å². The van der Waals surface area contributed by atoms with Gasteiger partial charge in [0, 0.05) is 0 Å². The van der Waals surface area contributed by atoms with Crippen LogP contribution < -0.4 is 0 Å². The van der Waals surface area contributed by atoms with E-state index in [1.807, 2.05) is 0 Å². The Kier molecular flexibility index (Phi) is 7.20. The Hall–Kier alpha value is -0.0800. The minimum absolute atomic E-state index is 0.141. The highest BCUT2D eigenvalue weighted by Gasteiger charge is 2.19. The van der Waals surface area contributed by atoms with Gasteiger partial charge in [-0.25, -0.2) is 9.78 Å². The first-order valence-electron chi connectivity index (χ1n) is 5.78. The van der Waals surface area contributed by atoms with Crippen LogP contribution in [-0.2, 0) is 9.78 Å². The molecule has 0 unspecified atom stereocenters. The van der Waals surface area contributed by atoms with Crippen molar-refractivity contribution in [2.75, 3.05) is 6.61 Å². The summed E-state index contributed by atoms with van der Waals surface area (Å²) in [5.41, 5.74) is -0.141. The third-order valence-electron chi connectivity index (χ3n) is 2.19. The van der Waals surface area contributed by atoms with Gasteiger partial charge >= 0.3 is 0 Å². The lowest BCUT2D eigenvalue weighted by atomic mass is 9.97. The largest absolute Gasteiger partial charge is 0.236 e. The lowest BCUT2D eigenvalue weighted by molar-refractivity contribution is -0.355. The van der Waals surface area contributed by atoms with Crippen LogP contribution in [0.3, 0.4) is 0 Å². The van der Waals surface area contributed by atoms with Gasteiger partial charge < -0.3 is 0 Å². The van der Waals surface area contributed by atoms with Crippen molar-refractivity contribution in [1.82, 2.24) is 0 Å². The molecule has 0 N–H and O–H groups in total. The fourth-order valence-corrected chi connectivity index (χ4v) is 1.08. The van der Waals surface area contributed by atoms with Crippen LogP contribution in [0.15, 0.2) is 0 Å². The highest BCUT2D eigenvalue weighted by molar-refractivity contribution is 4.67. The second kappa shape index (κ2) is 7.24. The molecule has 0 spiro atoms. The molecule has 0 heterocycles. The highest BCUT2D eigenvalue weighted by Crippen LogP contribution is 2.20. The summed E-state index contributed by atoms with van der Waals surface area (Å²) in [5.74, 6) is 0.730. The molecule has 0 aromatic heterocycles. The summed E-state index contributed by atoms with van der Waals surface area (Å²) >= 11 is 0. The van der Waals surface area contributed by atoms with E-state index in [9.17, 15) is 0 Å². The smallest absolute Gasteiger partial charge is 0.0980 e. The zero-order chi connectivity index (χ0) is 11.0. The average Bonchev–Trinajstić information content (AvgIpc) is 2.10. The number of rotatable bonds is 8. The molecule has 0 aromatic rings. The maximum Gasteiger partial charge on any atom is 0.0980 e. The number of hydrogen-bond donors (Lipinski definition) is 0. The summed E-state index contributed by atoms with van der Waals surface area (Å²) in [5, 5.41) is 0. The molecule has 0 aliphatic heterocycles. The first kappa shape index (κ1) is 13.9. The topological polar surface area (TPSA) is 18.5 Å². The van der Waals surface area contributed by atoms with Crippen molar-refractivity contribution in [1.29, 1.82) is 0 Å². The lowest BCUT2D eigenvalue weighted by Crippen LogP contribution is -2.25. The molecule has 0 amide bonds. The van der Waals surface area contributed by atoms with E-state index in [0.29, 0.717) is 6.61 Å². The summed E-state index contributed by atoms with van der Waals surface area (Å²) in [6, 6.07) is 0. The van der Waals surface area contributed by atoms with Gasteiger partial charge in [0.05, 0.1) is 12.2 Å². The van der Waals surface area contributed by atoms with Crippen molar-refractivity contribution >= 4 is 0 Å². The van der Waals surface area contributed by atoms with E-state index < -0.39 is 0 Å². The monoisotopic (exact) mass is 202 g/mol. The Balaban J connectivity index is 3.50. The molecule has 0 fully saturated rings. The van der Waals surface area contributed by atoms with E-state index in [0.717, 1.165) is 25.2 Å². The zero-order valence-electron chi connectivity index (χ0n) is 10.4. The molecule has 86 valence electrons. The maximum absolute atomic E-state index is 5.38. The molecular formula is C12H26O2. The summed E-state index contributed by atoms with van der Waals surface area (Å²) in [6.07, 6.45) is 4.46. The minimum atomic E-state index is -0.141. The van der Waals surface area contributed by atoms with Gasteiger partial charge in [-0.05, 0) is 39.0 Å². The van der Waals surface area contributed by atoms with E-state index in [1.54, 1.807) is 0 Å². The van der Waals surface area contributed by atoms with Gasteiger partial charge in [-0.3, -0.25) is 0 Å². The minimum Gasteiger partial charge on any atom is -0.236 e. The molecule has 0 aliphatic carbocycles. The fraction of sp³-hybridized carbons (Fsp3) is 1.00. The number of unbranched alkanes of at least 4 members (excludes halogenated alkanes) is 1. The molecule has 2 nitrogen and oxygen atoms in total. The average molecular weight is 202 g/mol. The molecule has 0 aliphatic rings. The van der Waals surface area contributed by atoms with Gasteiger partial charge in [0.15, 0.2) is 0 Å². The van der Waals surface area contributed by atoms with Gasteiger partial charge in [-0.1, -0.05) is 27.2 Å². The zero-order valence-corrected chi connectivity index (χ0v) is 10.4. The molecule has 14 heavy (non-hydrogen) atoms. The highest BCUT2D eigenvalue weighted by atomic mass is 17.2. The second-order valence-corrected chi connectivity index (χ2v) is 4.95. The molecule has 0 atom stereocenters. The van der Waals surface area contributed by atoms with Crippen LogP contribution >= 0.6 is 0 Å². The summed E-state index contributed by atoms with van der Waals surface area (Å²) in [7, 11) is 0. The van der Waals surface area contributed by atoms with Crippen LogP contribution in [0.1, 0.15) is 60.3 Å². The van der Waals surface area contributed by atoms with Gasteiger partial charge in [0.1, 0.15) is 0 Å². The van der Waals surface area contributed by atoms with Crippen molar-refractivity contribution in [3.8, 4) is 0 Å². The summed E-state index contributed by atoms with van der Waals surface area (Å²) < 4.78 is 0. The molecule has 0 saturated carbocycles. The van der Waals surface area contributed by atoms with Gasteiger partial charge in [-0.2, -0.15) is 0 Å². The Bertz CT molecular complexity index is 130. The first-order chi connectivity index (χ1) is 6.48. The van der Waals surface area contributed by atoms with E-state index >= 15 is 0 Å². The van der Waals surface area contributed by atoms with E-state index in [2.05, 4.69) is 34.6 Å². The second-order valence-electron chi connectivity index (χ2n) is 4.95. The van der Waals surface area contributed by atoms with E-state index in [1.165, 1.54) is 6.42 Å². The number of hydrogen-bond acceptors (Lipinski definition) is 2. The maximum atomic E-state index is 5.38. The molecule has 0 radical (unpaired) electrons. The van der Waals surface area contributed by atoms with Crippen LogP contribution in [0.2, 0.25) is 0 Å². The van der Waals surface area contributed by atoms with Crippen molar-refractivity contribution < 1.29 is 9.78 Å². The molecule has 2 heteroatoms. The van der Waals surface area contributed by atoms with Crippen LogP contribution in [-0.4, -0.2) is 12.2 Å². The Morgan fingerprint density at radius 3 is 2.36 bits per heavy atom. The molecular weight excluding hydrogens is 176 g/mol. The van der Waals surface area contributed by atoms with Gasteiger partial charge in [0.25, 0.3) is 0 Å². The van der Waals surface area contributed by atoms with Crippen molar-refractivity contribution in [2.45, 2.75) is 65.9 Å². The lowest BCUT2D eigenvalue weighted by Gasteiger charge is -2.24. The SMILES string of the molecule is CCCCOOC(C)(C)CCC(C)C. The van der Waals surface area contributed by atoms with Crippen LogP contribution in [0.5, 0.6) is 0 Å². The summed E-state index contributed by atoms with van der Waals surface area (Å²) in [6.45, 7) is 11.5. The van der Waals surface area contributed by atoms with Crippen molar-refractivity contribution in [2.24, 2.45) is 5.92 Å². The fourth-order valence-electron chi connectivity index (χ4n) is 1.08.